The third-order valence-electron chi connectivity index (χ3n) is 3.17. The predicted molar refractivity (Wildman–Crippen MR) is 73.5 cm³/mol. The van der Waals surface area contributed by atoms with Crippen LogP contribution >= 0.6 is 0 Å². The van der Waals surface area contributed by atoms with Crippen LogP contribution in [0.4, 0.5) is 0 Å². The molecule has 98 valence electrons. The van der Waals surface area contributed by atoms with Crippen LogP contribution in [-0.4, -0.2) is 21.9 Å². The summed E-state index contributed by atoms with van der Waals surface area (Å²) in [6.45, 7) is 16.2. The van der Waals surface area contributed by atoms with E-state index >= 15 is 0 Å². The van der Waals surface area contributed by atoms with Gasteiger partial charge in [-0.3, -0.25) is 4.68 Å². The van der Waals surface area contributed by atoms with E-state index in [1.165, 1.54) is 17.0 Å². The summed E-state index contributed by atoms with van der Waals surface area (Å²) in [6.07, 6.45) is 1.07. The van der Waals surface area contributed by atoms with Gasteiger partial charge in [-0.25, -0.2) is 0 Å². The summed E-state index contributed by atoms with van der Waals surface area (Å²) in [5.41, 5.74) is 4.05. The average molecular weight is 237 g/mol. The van der Waals surface area contributed by atoms with E-state index in [0.29, 0.717) is 6.04 Å². The van der Waals surface area contributed by atoms with Crippen LogP contribution < -0.4 is 5.32 Å². The van der Waals surface area contributed by atoms with Gasteiger partial charge in [0.25, 0.3) is 0 Å². The van der Waals surface area contributed by atoms with Gasteiger partial charge in [0.1, 0.15) is 0 Å². The van der Waals surface area contributed by atoms with Crippen LogP contribution in [0.2, 0.25) is 0 Å². The molecule has 3 nitrogen and oxygen atoms in total. The summed E-state index contributed by atoms with van der Waals surface area (Å²) in [6, 6.07) is 0.397. The zero-order chi connectivity index (χ0) is 13.2. The summed E-state index contributed by atoms with van der Waals surface area (Å²) in [7, 11) is 0. The molecule has 0 aromatic carbocycles. The lowest BCUT2D eigenvalue weighted by Crippen LogP contribution is -2.39. The molecule has 1 N–H and O–H groups in total. The molecule has 1 atom stereocenters. The Morgan fingerprint density at radius 2 is 1.88 bits per heavy atom. The molecule has 17 heavy (non-hydrogen) atoms. The van der Waals surface area contributed by atoms with Crippen molar-refractivity contribution in [1.82, 2.24) is 15.1 Å². The number of rotatable bonds is 4. The second-order valence-electron chi connectivity index (χ2n) is 5.93. The van der Waals surface area contributed by atoms with Gasteiger partial charge in [-0.1, -0.05) is 6.92 Å². The van der Waals surface area contributed by atoms with Gasteiger partial charge >= 0.3 is 0 Å². The number of nitrogens with zero attached hydrogens (tertiary/aromatic N) is 2. The molecule has 3 heteroatoms. The van der Waals surface area contributed by atoms with Crippen LogP contribution in [0.15, 0.2) is 0 Å². The first-order valence-corrected chi connectivity index (χ1v) is 6.56. The van der Waals surface area contributed by atoms with Gasteiger partial charge in [-0.15, -0.1) is 0 Å². The van der Waals surface area contributed by atoms with Crippen LogP contribution in [0.3, 0.4) is 0 Å². The lowest BCUT2D eigenvalue weighted by Gasteiger charge is -2.24. The Morgan fingerprint density at radius 1 is 1.29 bits per heavy atom. The monoisotopic (exact) mass is 237 g/mol. The maximum atomic E-state index is 4.66. The summed E-state index contributed by atoms with van der Waals surface area (Å²) >= 11 is 0. The molecular formula is C14H27N3. The fourth-order valence-electron chi connectivity index (χ4n) is 2.18. The second kappa shape index (κ2) is 5.21. The molecule has 1 aromatic heterocycles. The SMILES string of the molecule is CCc1c(C)nn(C(C)CNC(C)(C)C)c1C. The molecule has 1 rings (SSSR count). The molecule has 0 saturated heterocycles. The summed E-state index contributed by atoms with van der Waals surface area (Å²) < 4.78 is 2.16. The van der Waals surface area contributed by atoms with Gasteiger partial charge in [-0.05, 0) is 53.5 Å². The molecule has 0 saturated carbocycles. The molecule has 0 spiro atoms. The van der Waals surface area contributed by atoms with Gasteiger partial charge < -0.3 is 5.32 Å². The molecule has 1 heterocycles. The van der Waals surface area contributed by atoms with Crippen molar-refractivity contribution in [3.63, 3.8) is 0 Å². The lowest BCUT2D eigenvalue weighted by atomic mass is 10.1. The van der Waals surface area contributed by atoms with Gasteiger partial charge in [-0.2, -0.15) is 5.10 Å². The van der Waals surface area contributed by atoms with Crippen molar-refractivity contribution in [3.8, 4) is 0 Å². The molecule has 1 unspecified atom stereocenters. The van der Waals surface area contributed by atoms with Crippen molar-refractivity contribution in [2.24, 2.45) is 0 Å². The average Bonchev–Trinajstić information content (AvgIpc) is 2.49. The van der Waals surface area contributed by atoms with Crippen molar-refractivity contribution >= 4 is 0 Å². The van der Waals surface area contributed by atoms with E-state index in [2.05, 4.69) is 63.6 Å². The molecule has 0 bridgehead atoms. The Bertz CT molecular complexity index is 372. The summed E-state index contributed by atoms with van der Waals surface area (Å²) in [4.78, 5) is 0. The van der Waals surface area contributed by atoms with Crippen LogP contribution in [0.25, 0.3) is 0 Å². The number of nitrogens with one attached hydrogen (secondary N) is 1. The van der Waals surface area contributed by atoms with E-state index in [0.717, 1.165) is 13.0 Å². The Morgan fingerprint density at radius 3 is 2.29 bits per heavy atom. The Kier molecular flexibility index (Phi) is 4.36. The minimum Gasteiger partial charge on any atom is -0.310 e. The first-order chi connectivity index (χ1) is 7.76. The molecular weight excluding hydrogens is 210 g/mol. The van der Waals surface area contributed by atoms with E-state index in [1.807, 2.05) is 0 Å². The van der Waals surface area contributed by atoms with Gasteiger partial charge in [0, 0.05) is 17.8 Å². The molecule has 0 fully saturated rings. The molecule has 0 aliphatic carbocycles. The van der Waals surface area contributed by atoms with Crippen molar-refractivity contribution < 1.29 is 0 Å². The van der Waals surface area contributed by atoms with Gasteiger partial charge in [0.2, 0.25) is 0 Å². The summed E-state index contributed by atoms with van der Waals surface area (Å²) in [5.74, 6) is 0. The Balaban J connectivity index is 2.79. The molecule has 0 aliphatic heterocycles. The third-order valence-corrected chi connectivity index (χ3v) is 3.17. The van der Waals surface area contributed by atoms with E-state index in [1.54, 1.807) is 0 Å². The van der Waals surface area contributed by atoms with Crippen molar-refractivity contribution in [1.29, 1.82) is 0 Å². The highest BCUT2D eigenvalue weighted by molar-refractivity contribution is 5.24. The smallest absolute Gasteiger partial charge is 0.0628 e. The Labute approximate surface area is 106 Å². The number of hydrogen-bond acceptors (Lipinski definition) is 2. The normalized spacial score (nSPS) is 14.1. The van der Waals surface area contributed by atoms with Crippen molar-refractivity contribution in [2.45, 2.75) is 66.5 Å². The predicted octanol–water partition coefficient (Wildman–Crippen LogP) is 3.01. The highest BCUT2D eigenvalue weighted by Crippen LogP contribution is 2.17. The highest BCUT2D eigenvalue weighted by Gasteiger charge is 2.16. The fourth-order valence-corrected chi connectivity index (χ4v) is 2.18. The maximum absolute atomic E-state index is 4.66. The van der Waals surface area contributed by atoms with E-state index < -0.39 is 0 Å². The molecule has 0 amide bonds. The first kappa shape index (κ1) is 14.2. The largest absolute Gasteiger partial charge is 0.310 e. The zero-order valence-corrected chi connectivity index (χ0v) is 12.4. The van der Waals surface area contributed by atoms with Crippen LogP contribution in [-0.2, 0) is 6.42 Å². The topological polar surface area (TPSA) is 29.9 Å². The van der Waals surface area contributed by atoms with Crippen molar-refractivity contribution in [3.05, 3.63) is 17.0 Å². The highest BCUT2D eigenvalue weighted by atomic mass is 15.3. The minimum atomic E-state index is 0.165. The van der Waals surface area contributed by atoms with Crippen LogP contribution in [0.5, 0.6) is 0 Å². The van der Waals surface area contributed by atoms with Gasteiger partial charge in [0.15, 0.2) is 0 Å². The van der Waals surface area contributed by atoms with E-state index in [-0.39, 0.29) is 5.54 Å². The van der Waals surface area contributed by atoms with Crippen molar-refractivity contribution in [2.75, 3.05) is 6.54 Å². The minimum absolute atomic E-state index is 0.165. The lowest BCUT2D eigenvalue weighted by molar-refractivity contribution is 0.362. The van der Waals surface area contributed by atoms with Crippen LogP contribution in [0.1, 0.15) is 57.6 Å². The number of hydrogen-bond donors (Lipinski definition) is 1. The second-order valence-corrected chi connectivity index (χ2v) is 5.93. The number of aryl methyl sites for hydroxylation is 1. The first-order valence-electron chi connectivity index (χ1n) is 6.56. The molecule has 0 aliphatic rings. The fraction of sp³-hybridized carbons (Fsp3) is 0.786. The van der Waals surface area contributed by atoms with Crippen LogP contribution in [0, 0.1) is 13.8 Å². The zero-order valence-electron chi connectivity index (χ0n) is 12.4. The summed E-state index contributed by atoms with van der Waals surface area (Å²) in [5, 5.41) is 8.19. The Hall–Kier alpha value is -0.830. The van der Waals surface area contributed by atoms with E-state index in [9.17, 15) is 0 Å². The standard InChI is InChI=1S/C14H27N3/c1-8-13-11(3)16-17(12(13)4)10(2)9-15-14(5,6)7/h10,15H,8-9H2,1-7H3. The molecule has 1 aromatic rings. The molecule has 0 radical (unpaired) electrons. The number of aromatic nitrogens is 2. The third kappa shape index (κ3) is 3.56. The quantitative estimate of drug-likeness (QED) is 0.872. The van der Waals surface area contributed by atoms with E-state index in [4.69, 9.17) is 0 Å². The maximum Gasteiger partial charge on any atom is 0.0628 e. The van der Waals surface area contributed by atoms with Gasteiger partial charge in [0.05, 0.1) is 11.7 Å².